The van der Waals surface area contributed by atoms with Gasteiger partial charge in [0.2, 0.25) is 0 Å². The first kappa shape index (κ1) is 20.6. The number of pyridine rings is 1. The van der Waals surface area contributed by atoms with E-state index in [1.807, 2.05) is 6.20 Å². The second-order valence-corrected chi connectivity index (χ2v) is 10.6. The summed E-state index contributed by atoms with van der Waals surface area (Å²) in [6.07, 6.45) is 8.12. The quantitative estimate of drug-likeness (QED) is 0.804. The summed E-state index contributed by atoms with van der Waals surface area (Å²) in [6, 6.07) is 13.0. The first-order valence-corrected chi connectivity index (χ1v) is 12.6. The summed E-state index contributed by atoms with van der Waals surface area (Å²) in [5.41, 5.74) is 7.35. The Morgan fingerprint density at radius 1 is 1.12 bits per heavy atom. The highest BCUT2D eigenvalue weighted by Gasteiger charge is 2.40. The second kappa shape index (κ2) is 8.44. The predicted molar refractivity (Wildman–Crippen MR) is 130 cm³/mol. The monoisotopic (exact) mass is 431 g/mol. The van der Waals surface area contributed by atoms with E-state index in [1.54, 1.807) is 5.56 Å². The molecular weight excluding hydrogens is 394 g/mol. The van der Waals surface area contributed by atoms with Crippen LogP contribution in [0.4, 0.5) is 5.69 Å². The van der Waals surface area contributed by atoms with Gasteiger partial charge in [-0.3, -0.25) is 9.88 Å². The van der Waals surface area contributed by atoms with Gasteiger partial charge in [-0.2, -0.15) is 0 Å². The Bertz CT molecular complexity index is 974. The van der Waals surface area contributed by atoms with Crippen LogP contribution in [-0.2, 0) is 19.4 Å². The van der Waals surface area contributed by atoms with Crippen LogP contribution < -0.4 is 10.2 Å². The first-order valence-electron chi connectivity index (χ1n) is 12.6. The molecule has 2 saturated heterocycles. The van der Waals surface area contributed by atoms with Crippen LogP contribution in [0.5, 0.6) is 0 Å². The average Bonchev–Trinajstić information content (AvgIpc) is 3.40. The summed E-state index contributed by atoms with van der Waals surface area (Å²) < 4.78 is 0. The maximum atomic E-state index is 4.78. The molecule has 170 valence electrons. The molecule has 1 unspecified atom stereocenters. The SMILES string of the molecule is CN(C[C@H]1Cc2c(cccc2N2C[C@H]3CCN(C)[C@H]3C2)CN1)C1CCCc2cccnc21. The molecule has 3 aliphatic heterocycles. The molecule has 0 bridgehead atoms. The molecule has 1 aliphatic carbocycles. The van der Waals surface area contributed by atoms with Crippen molar-refractivity contribution in [2.45, 2.75) is 56.8 Å². The van der Waals surface area contributed by atoms with Crippen molar-refractivity contribution >= 4 is 5.69 Å². The van der Waals surface area contributed by atoms with Crippen molar-refractivity contribution < 1.29 is 0 Å². The van der Waals surface area contributed by atoms with Crippen LogP contribution in [0.15, 0.2) is 36.5 Å². The Morgan fingerprint density at radius 2 is 2.03 bits per heavy atom. The summed E-state index contributed by atoms with van der Waals surface area (Å²) >= 11 is 0. The number of benzene rings is 1. The zero-order valence-electron chi connectivity index (χ0n) is 19.6. The van der Waals surface area contributed by atoms with Crippen LogP contribution in [0.3, 0.4) is 0 Å². The summed E-state index contributed by atoms with van der Waals surface area (Å²) in [4.78, 5) is 12.6. The summed E-state index contributed by atoms with van der Waals surface area (Å²) in [6.45, 7) is 5.76. The molecule has 5 nitrogen and oxygen atoms in total. The van der Waals surface area contributed by atoms with E-state index < -0.39 is 0 Å². The molecular formula is C27H37N5. The fraction of sp³-hybridized carbons (Fsp3) is 0.593. The molecule has 4 heterocycles. The maximum Gasteiger partial charge on any atom is 0.0607 e. The van der Waals surface area contributed by atoms with Gasteiger partial charge in [0, 0.05) is 50.1 Å². The fourth-order valence-electron chi connectivity index (χ4n) is 6.88. The molecule has 0 spiro atoms. The molecule has 1 aromatic carbocycles. The van der Waals surface area contributed by atoms with Gasteiger partial charge in [-0.25, -0.2) is 0 Å². The van der Waals surface area contributed by atoms with E-state index in [4.69, 9.17) is 4.98 Å². The van der Waals surface area contributed by atoms with Gasteiger partial charge in [0.1, 0.15) is 0 Å². The third-order valence-electron chi connectivity index (χ3n) is 8.65. The van der Waals surface area contributed by atoms with Crippen LogP contribution >= 0.6 is 0 Å². The van der Waals surface area contributed by atoms with Crippen LogP contribution in [0.1, 0.15) is 47.7 Å². The zero-order valence-corrected chi connectivity index (χ0v) is 19.6. The van der Waals surface area contributed by atoms with Crippen molar-refractivity contribution in [3.05, 3.63) is 58.9 Å². The maximum absolute atomic E-state index is 4.78. The molecule has 6 rings (SSSR count). The highest BCUT2D eigenvalue weighted by Crippen LogP contribution is 2.37. The number of aryl methyl sites for hydroxylation is 1. The Kier molecular flexibility index (Phi) is 5.44. The molecule has 4 atom stereocenters. The van der Waals surface area contributed by atoms with Gasteiger partial charge < -0.3 is 15.1 Å². The molecule has 2 fully saturated rings. The summed E-state index contributed by atoms with van der Waals surface area (Å²) in [7, 11) is 4.61. The van der Waals surface area contributed by atoms with Crippen LogP contribution in [-0.4, -0.2) is 67.1 Å². The largest absolute Gasteiger partial charge is 0.369 e. The van der Waals surface area contributed by atoms with Crippen molar-refractivity contribution in [3.63, 3.8) is 0 Å². The topological polar surface area (TPSA) is 34.6 Å². The van der Waals surface area contributed by atoms with E-state index in [2.05, 4.69) is 64.4 Å². The van der Waals surface area contributed by atoms with Crippen LogP contribution in [0.2, 0.25) is 0 Å². The lowest BCUT2D eigenvalue weighted by Gasteiger charge is -2.37. The molecule has 0 amide bonds. The zero-order chi connectivity index (χ0) is 21.7. The van der Waals surface area contributed by atoms with Gasteiger partial charge >= 0.3 is 0 Å². The van der Waals surface area contributed by atoms with E-state index in [0.29, 0.717) is 12.1 Å². The summed E-state index contributed by atoms with van der Waals surface area (Å²) in [5.74, 6) is 0.846. The van der Waals surface area contributed by atoms with E-state index in [-0.39, 0.29) is 0 Å². The van der Waals surface area contributed by atoms with Crippen LogP contribution in [0.25, 0.3) is 0 Å². The van der Waals surface area contributed by atoms with Crippen LogP contribution in [0, 0.1) is 5.92 Å². The van der Waals surface area contributed by atoms with Crippen molar-refractivity contribution in [3.8, 4) is 0 Å². The van der Waals surface area contributed by atoms with Crippen molar-refractivity contribution in [2.75, 3.05) is 45.2 Å². The molecule has 0 saturated carbocycles. The minimum absolute atomic E-state index is 0.451. The molecule has 0 radical (unpaired) electrons. The number of likely N-dealkylation sites (tertiary alicyclic amines) is 1. The van der Waals surface area contributed by atoms with E-state index >= 15 is 0 Å². The second-order valence-electron chi connectivity index (χ2n) is 10.6. The lowest BCUT2D eigenvalue weighted by molar-refractivity contribution is 0.191. The molecule has 2 aromatic rings. The minimum atomic E-state index is 0.451. The number of fused-ring (bicyclic) bond motifs is 3. The lowest BCUT2D eigenvalue weighted by atomic mass is 9.89. The standard InChI is InChI=1S/C27H37N5/c1-30-13-11-21-16-32(18-26(21)30)24-9-4-7-20-15-29-22(14-23(20)24)17-31(2)25-10-3-6-19-8-5-12-28-27(19)25/h4-5,7-9,12,21-22,25-26,29H,3,6,10-11,13-18H2,1-2H3/t21-,22-,25?,26+/m1/s1. The van der Waals surface area contributed by atoms with E-state index in [0.717, 1.165) is 31.5 Å². The van der Waals surface area contributed by atoms with Crippen molar-refractivity contribution in [1.82, 2.24) is 20.1 Å². The number of nitrogens with one attached hydrogen (secondary N) is 1. The number of aromatic nitrogens is 1. The smallest absolute Gasteiger partial charge is 0.0607 e. The summed E-state index contributed by atoms with van der Waals surface area (Å²) in [5, 5.41) is 3.85. The van der Waals surface area contributed by atoms with Crippen molar-refractivity contribution in [1.29, 1.82) is 0 Å². The van der Waals surface area contributed by atoms with Gasteiger partial charge in [-0.1, -0.05) is 18.2 Å². The third kappa shape index (κ3) is 3.64. The number of anilines is 1. The average molecular weight is 432 g/mol. The lowest BCUT2D eigenvalue weighted by Crippen LogP contribution is -2.45. The fourth-order valence-corrected chi connectivity index (χ4v) is 6.88. The van der Waals surface area contributed by atoms with Gasteiger partial charge in [0.15, 0.2) is 0 Å². The predicted octanol–water partition coefficient (Wildman–Crippen LogP) is 3.25. The molecule has 5 heteroatoms. The normalized spacial score (nSPS) is 29.8. The highest BCUT2D eigenvalue weighted by molar-refractivity contribution is 5.59. The third-order valence-corrected chi connectivity index (χ3v) is 8.65. The molecule has 32 heavy (non-hydrogen) atoms. The Labute approximate surface area is 192 Å². The Hall–Kier alpha value is -1.95. The number of nitrogens with zero attached hydrogens (tertiary/aromatic N) is 4. The minimum Gasteiger partial charge on any atom is -0.369 e. The van der Waals surface area contributed by atoms with Gasteiger partial charge in [0.05, 0.1) is 11.7 Å². The molecule has 1 aromatic heterocycles. The Morgan fingerprint density at radius 3 is 2.94 bits per heavy atom. The first-order chi connectivity index (χ1) is 15.7. The number of likely N-dealkylation sites (N-methyl/N-ethyl adjacent to an activating group) is 2. The van der Waals surface area contributed by atoms with Gasteiger partial charge in [-0.05, 0) is 87.5 Å². The van der Waals surface area contributed by atoms with Gasteiger partial charge in [-0.15, -0.1) is 0 Å². The Balaban J connectivity index is 1.18. The highest BCUT2D eigenvalue weighted by atomic mass is 15.3. The molecule has 1 N–H and O–H groups in total. The van der Waals surface area contributed by atoms with E-state index in [9.17, 15) is 0 Å². The van der Waals surface area contributed by atoms with Gasteiger partial charge in [0.25, 0.3) is 0 Å². The van der Waals surface area contributed by atoms with E-state index in [1.165, 1.54) is 67.8 Å². The van der Waals surface area contributed by atoms with Crippen molar-refractivity contribution in [2.24, 2.45) is 5.92 Å². The number of rotatable bonds is 4. The number of hydrogen-bond acceptors (Lipinski definition) is 5. The molecule has 4 aliphatic rings. The number of hydrogen-bond donors (Lipinski definition) is 1.